The molecular formula is C13H15ClO2. The first-order valence-corrected chi connectivity index (χ1v) is 5.77. The highest BCUT2D eigenvalue weighted by Gasteiger charge is 2.01. The Hall–Kier alpha value is -1.28. The number of benzene rings is 1. The molecule has 0 aliphatic carbocycles. The van der Waals surface area contributed by atoms with Gasteiger partial charge in [0.05, 0.1) is 0 Å². The smallest absolute Gasteiger partial charge is 0.308 e. The SMILES string of the molecule is CC(=O)Oc1ccccc1C=CCCCCl. The van der Waals surface area contributed by atoms with E-state index in [4.69, 9.17) is 16.3 Å². The average Bonchev–Trinajstić information content (AvgIpc) is 2.26. The summed E-state index contributed by atoms with van der Waals surface area (Å²) < 4.78 is 5.09. The van der Waals surface area contributed by atoms with Gasteiger partial charge in [0, 0.05) is 18.4 Å². The Kier molecular flexibility index (Phi) is 5.65. The summed E-state index contributed by atoms with van der Waals surface area (Å²) in [4.78, 5) is 10.9. The van der Waals surface area contributed by atoms with Crippen molar-refractivity contribution < 1.29 is 9.53 Å². The van der Waals surface area contributed by atoms with E-state index in [2.05, 4.69) is 0 Å². The van der Waals surface area contributed by atoms with Crippen LogP contribution in [0.25, 0.3) is 6.08 Å². The van der Waals surface area contributed by atoms with E-state index in [0.717, 1.165) is 18.4 Å². The maximum Gasteiger partial charge on any atom is 0.308 e. The lowest BCUT2D eigenvalue weighted by atomic mass is 10.1. The van der Waals surface area contributed by atoms with Gasteiger partial charge >= 0.3 is 5.97 Å². The van der Waals surface area contributed by atoms with Crippen molar-refractivity contribution in [2.75, 3.05) is 5.88 Å². The second-order valence-corrected chi connectivity index (χ2v) is 3.74. The van der Waals surface area contributed by atoms with Gasteiger partial charge in [0.2, 0.25) is 0 Å². The zero-order valence-electron chi connectivity index (χ0n) is 9.28. The molecule has 0 amide bonds. The molecule has 0 heterocycles. The highest BCUT2D eigenvalue weighted by atomic mass is 35.5. The van der Waals surface area contributed by atoms with Gasteiger partial charge in [-0.15, -0.1) is 11.6 Å². The van der Waals surface area contributed by atoms with Crippen LogP contribution < -0.4 is 4.74 Å². The number of hydrogen-bond acceptors (Lipinski definition) is 2. The Morgan fingerprint density at radius 2 is 2.19 bits per heavy atom. The molecule has 86 valence electrons. The molecular weight excluding hydrogens is 224 g/mol. The van der Waals surface area contributed by atoms with Crippen LogP contribution in [-0.4, -0.2) is 11.8 Å². The molecule has 1 aromatic rings. The first-order valence-electron chi connectivity index (χ1n) is 5.24. The number of allylic oxidation sites excluding steroid dienone is 1. The number of esters is 1. The molecule has 0 saturated heterocycles. The minimum atomic E-state index is -0.304. The van der Waals surface area contributed by atoms with Crippen molar-refractivity contribution in [3.63, 3.8) is 0 Å². The summed E-state index contributed by atoms with van der Waals surface area (Å²) in [7, 11) is 0. The van der Waals surface area contributed by atoms with Crippen molar-refractivity contribution in [1.29, 1.82) is 0 Å². The highest BCUT2D eigenvalue weighted by Crippen LogP contribution is 2.19. The lowest BCUT2D eigenvalue weighted by molar-refractivity contribution is -0.131. The summed E-state index contributed by atoms with van der Waals surface area (Å²) in [6, 6.07) is 7.45. The fourth-order valence-corrected chi connectivity index (χ4v) is 1.43. The predicted molar refractivity (Wildman–Crippen MR) is 66.7 cm³/mol. The Balaban J connectivity index is 2.70. The molecule has 0 saturated carbocycles. The number of rotatable bonds is 5. The van der Waals surface area contributed by atoms with Gasteiger partial charge in [-0.3, -0.25) is 4.79 Å². The van der Waals surface area contributed by atoms with E-state index in [1.165, 1.54) is 6.92 Å². The number of carbonyl (C=O) groups excluding carboxylic acids is 1. The molecule has 0 bridgehead atoms. The van der Waals surface area contributed by atoms with Crippen LogP contribution in [0.15, 0.2) is 30.3 Å². The van der Waals surface area contributed by atoms with Crippen LogP contribution in [0.3, 0.4) is 0 Å². The lowest BCUT2D eigenvalue weighted by Gasteiger charge is -2.04. The minimum absolute atomic E-state index is 0.304. The number of halogens is 1. The fourth-order valence-electron chi connectivity index (χ4n) is 1.27. The van der Waals surface area contributed by atoms with Gasteiger partial charge in [0.1, 0.15) is 5.75 Å². The number of ether oxygens (including phenoxy) is 1. The lowest BCUT2D eigenvalue weighted by Crippen LogP contribution is -2.02. The number of carbonyl (C=O) groups is 1. The molecule has 0 N–H and O–H groups in total. The van der Waals surface area contributed by atoms with Crippen LogP contribution in [0.2, 0.25) is 0 Å². The third kappa shape index (κ3) is 4.49. The second kappa shape index (κ2) is 7.07. The topological polar surface area (TPSA) is 26.3 Å². The Labute approximate surface area is 101 Å². The van der Waals surface area contributed by atoms with E-state index in [-0.39, 0.29) is 5.97 Å². The second-order valence-electron chi connectivity index (χ2n) is 3.37. The molecule has 0 aromatic heterocycles. The summed E-state index contributed by atoms with van der Waals surface area (Å²) in [5, 5.41) is 0. The Morgan fingerprint density at radius 1 is 1.44 bits per heavy atom. The predicted octanol–water partition coefficient (Wildman–Crippen LogP) is 3.64. The molecule has 0 aliphatic rings. The monoisotopic (exact) mass is 238 g/mol. The molecule has 16 heavy (non-hydrogen) atoms. The zero-order valence-corrected chi connectivity index (χ0v) is 10.0. The van der Waals surface area contributed by atoms with Crippen molar-refractivity contribution in [1.82, 2.24) is 0 Å². The molecule has 0 spiro atoms. The van der Waals surface area contributed by atoms with Gasteiger partial charge in [-0.1, -0.05) is 30.4 Å². The van der Waals surface area contributed by atoms with Gasteiger partial charge in [0.25, 0.3) is 0 Å². The van der Waals surface area contributed by atoms with Crippen molar-refractivity contribution in [3.8, 4) is 5.75 Å². The van der Waals surface area contributed by atoms with E-state index in [1.54, 1.807) is 6.07 Å². The molecule has 0 atom stereocenters. The van der Waals surface area contributed by atoms with Crippen LogP contribution in [-0.2, 0) is 4.79 Å². The zero-order chi connectivity index (χ0) is 11.8. The van der Waals surface area contributed by atoms with Crippen molar-refractivity contribution in [2.45, 2.75) is 19.8 Å². The molecule has 2 nitrogen and oxygen atoms in total. The number of alkyl halides is 1. The van der Waals surface area contributed by atoms with Gasteiger partial charge in [-0.2, -0.15) is 0 Å². The molecule has 0 fully saturated rings. The van der Waals surface area contributed by atoms with Gasteiger partial charge in [-0.25, -0.2) is 0 Å². The summed E-state index contributed by atoms with van der Waals surface area (Å²) in [6.45, 7) is 1.40. The molecule has 1 aromatic carbocycles. The normalized spacial score (nSPS) is 10.6. The van der Waals surface area contributed by atoms with E-state index >= 15 is 0 Å². The minimum Gasteiger partial charge on any atom is -0.426 e. The largest absolute Gasteiger partial charge is 0.426 e. The van der Waals surface area contributed by atoms with Crippen molar-refractivity contribution in [3.05, 3.63) is 35.9 Å². The maximum absolute atomic E-state index is 10.9. The number of unbranched alkanes of at least 4 members (excludes halogenated alkanes) is 1. The molecule has 0 aliphatic heterocycles. The summed E-state index contributed by atoms with van der Waals surface area (Å²) in [6.07, 6.45) is 5.86. The third-order valence-electron chi connectivity index (χ3n) is 1.97. The standard InChI is InChI=1S/C13H15ClO2/c1-11(15)16-13-9-5-4-8-12(13)7-3-2-6-10-14/h3-5,7-9H,2,6,10H2,1H3. The van der Waals surface area contributed by atoms with Crippen LogP contribution in [0.4, 0.5) is 0 Å². The van der Waals surface area contributed by atoms with Crippen molar-refractivity contribution >= 4 is 23.6 Å². The van der Waals surface area contributed by atoms with Crippen molar-refractivity contribution in [2.24, 2.45) is 0 Å². The van der Waals surface area contributed by atoms with E-state index < -0.39 is 0 Å². The fraction of sp³-hybridized carbons (Fsp3) is 0.308. The quantitative estimate of drug-likeness (QED) is 0.339. The average molecular weight is 239 g/mol. The molecule has 1 rings (SSSR count). The van der Waals surface area contributed by atoms with Gasteiger partial charge < -0.3 is 4.74 Å². The summed E-state index contributed by atoms with van der Waals surface area (Å²) in [5.74, 6) is 0.953. The molecule has 0 unspecified atom stereocenters. The highest BCUT2D eigenvalue weighted by molar-refractivity contribution is 6.17. The van der Waals surface area contributed by atoms with Crippen LogP contribution in [0, 0.1) is 0 Å². The summed E-state index contributed by atoms with van der Waals surface area (Å²) >= 11 is 5.58. The van der Waals surface area contributed by atoms with Crippen LogP contribution in [0.1, 0.15) is 25.3 Å². The van der Waals surface area contributed by atoms with E-state index in [0.29, 0.717) is 11.6 Å². The summed E-state index contributed by atoms with van der Waals surface area (Å²) in [5.41, 5.74) is 0.910. The first kappa shape index (κ1) is 12.8. The number of hydrogen-bond donors (Lipinski definition) is 0. The van der Waals surface area contributed by atoms with Gasteiger partial charge in [-0.05, 0) is 18.9 Å². The first-order chi connectivity index (χ1) is 7.74. The van der Waals surface area contributed by atoms with Crippen LogP contribution >= 0.6 is 11.6 Å². The Morgan fingerprint density at radius 3 is 2.88 bits per heavy atom. The van der Waals surface area contributed by atoms with E-state index in [1.807, 2.05) is 30.4 Å². The van der Waals surface area contributed by atoms with Crippen LogP contribution in [0.5, 0.6) is 5.75 Å². The van der Waals surface area contributed by atoms with E-state index in [9.17, 15) is 4.79 Å². The third-order valence-corrected chi connectivity index (χ3v) is 2.24. The molecule has 0 radical (unpaired) electrons. The maximum atomic E-state index is 10.9. The molecule has 3 heteroatoms. The Bertz CT molecular complexity index is 372. The number of para-hydroxylation sites is 1. The van der Waals surface area contributed by atoms with Gasteiger partial charge in [0.15, 0.2) is 0 Å².